The highest BCUT2D eigenvalue weighted by molar-refractivity contribution is 7.88. The van der Waals surface area contributed by atoms with Gasteiger partial charge < -0.3 is 19.9 Å². The second kappa shape index (κ2) is 9.06. The predicted octanol–water partition coefficient (Wildman–Crippen LogP) is 0.457. The van der Waals surface area contributed by atoms with Crippen LogP contribution in [0.25, 0.3) is 0 Å². The van der Waals surface area contributed by atoms with Crippen molar-refractivity contribution in [3.63, 3.8) is 0 Å². The number of thiophene rings is 1. The van der Waals surface area contributed by atoms with E-state index >= 15 is 0 Å². The molecule has 2 atom stereocenters. The van der Waals surface area contributed by atoms with E-state index in [1.165, 1.54) is 11.3 Å². The van der Waals surface area contributed by atoms with Crippen molar-refractivity contribution in [2.45, 2.75) is 44.6 Å². The maximum absolute atomic E-state index is 12.4. The van der Waals surface area contributed by atoms with E-state index in [0.717, 1.165) is 39.6 Å². The summed E-state index contributed by atoms with van der Waals surface area (Å²) in [5.41, 5.74) is 0.804. The third-order valence-corrected chi connectivity index (χ3v) is 8.07. The Morgan fingerprint density at radius 3 is 2.53 bits per heavy atom. The first-order valence-corrected chi connectivity index (χ1v) is 13.0. The standard InChI is InChI=1S/C19H25N3O8S2/c1-32(27,28)21-8-15(23)22(16(24)9-21)7-11-6-12-13(10-30-11)31-18(17(12)19(25)26)20-14-4-2-3-5-29-14/h11,14,20H,2-10H2,1H3,(H,25,26). The van der Waals surface area contributed by atoms with E-state index in [1.54, 1.807) is 0 Å². The molecule has 13 heteroatoms. The van der Waals surface area contributed by atoms with Gasteiger partial charge in [-0.2, -0.15) is 4.31 Å². The molecule has 4 rings (SSSR count). The van der Waals surface area contributed by atoms with Gasteiger partial charge in [0.1, 0.15) is 11.2 Å². The maximum Gasteiger partial charge on any atom is 0.338 e. The first-order valence-electron chi connectivity index (χ1n) is 10.3. The molecular formula is C19H25N3O8S2. The molecule has 2 N–H and O–H groups in total. The number of imide groups is 1. The minimum absolute atomic E-state index is 0.0574. The molecule has 4 heterocycles. The number of carbonyl (C=O) groups is 3. The number of ether oxygens (including phenoxy) is 2. The quantitative estimate of drug-likeness (QED) is 0.547. The molecule has 3 aliphatic heterocycles. The Labute approximate surface area is 189 Å². The molecule has 2 fully saturated rings. The number of piperazine rings is 1. The van der Waals surface area contributed by atoms with Crippen molar-refractivity contribution in [3.05, 3.63) is 16.0 Å². The third-order valence-electron chi connectivity index (χ3n) is 5.74. The van der Waals surface area contributed by atoms with Crippen molar-refractivity contribution < 1.29 is 37.4 Å². The molecule has 32 heavy (non-hydrogen) atoms. The summed E-state index contributed by atoms with van der Waals surface area (Å²) in [6.45, 7) is -0.0688. The summed E-state index contributed by atoms with van der Waals surface area (Å²) in [6, 6.07) is 0. The van der Waals surface area contributed by atoms with Crippen molar-refractivity contribution in [2.75, 3.05) is 37.8 Å². The fourth-order valence-corrected chi connectivity index (χ4v) is 5.95. The van der Waals surface area contributed by atoms with Crippen LogP contribution in [0.15, 0.2) is 0 Å². The molecule has 0 aromatic carbocycles. The third kappa shape index (κ3) is 4.81. The first-order chi connectivity index (χ1) is 15.1. The fraction of sp³-hybridized carbons (Fsp3) is 0.632. The highest BCUT2D eigenvalue weighted by atomic mass is 32.2. The first kappa shape index (κ1) is 23.1. The van der Waals surface area contributed by atoms with Crippen molar-refractivity contribution in [1.82, 2.24) is 9.21 Å². The molecule has 2 amide bonds. The summed E-state index contributed by atoms with van der Waals surface area (Å²) in [5, 5.41) is 13.6. The number of hydrogen-bond acceptors (Lipinski definition) is 9. The van der Waals surface area contributed by atoms with Gasteiger partial charge in [0.2, 0.25) is 21.8 Å². The number of nitrogens with zero attached hydrogens (tertiary/aromatic N) is 2. The number of aromatic carboxylic acids is 1. The van der Waals surface area contributed by atoms with E-state index in [0.29, 0.717) is 17.2 Å². The zero-order chi connectivity index (χ0) is 23.0. The highest BCUT2D eigenvalue weighted by Gasteiger charge is 2.38. The molecule has 0 radical (unpaired) electrons. The second-order valence-electron chi connectivity index (χ2n) is 8.08. The summed E-state index contributed by atoms with van der Waals surface area (Å²) in [6.07, 6.45) is 3.15. The Morgan fingerprint density at radius 2 is 1.94 bits per heavy atom. The lowest BCUT2D eigenvalue weighted by Crippen LogP contribution is -2.57. The van der Waals surface area contributed by atoms with Gasteiger partial charge in [0.15, 0.2) is 0 Å². The topological polar surface area (TPSA) is 143 Å². The van der Waals surface area contributed by atoms with Crippen LogP contribution in [0, 0.1) is 0 Å². The van der Waals surface area contributed by atoms with Gasteiger partial charge in [-0.1, -0.05) is 0 Å². The van der Waals surface area contributed by atoms with E-state index in [4.69, 9.17) is 9.47 Å². The number of carbonyl (C=O) groups excluding carboxylic acids is 2. The Bertz CT molecular complexity index is 1010. The second-order valence-corrected chi connectivity index (χ2v) is 11.2. The number of amides is 2. The van der Waals surface area contributed by atoms with Gasteiger partial charge in [-0.25, -0.2) is 13.2 Å². The SMILES string of the molecule is CS(=O)(=O)N1CC(=O)N(CC2Cc3c(sc(NC4CCCCO4)c3C(=O)O)CO2)C(=O)C1. The lowest BCUT2D eigenvalue weighted by atomic mass is 10.00. The van der Waals surface area contributed by atoms with Crippen LogP contribution in [-0.2, 0) is 42.1 Å². The van der Waals surface area contributed by atoms with Crippen LogP contribution in [0.1, 0.15) is 40.1 Å². The number of hydrogen-bond donors (Lipinski definition) is 2. The van der Waals surface area contributed by atoms with E-state index in [-0.39, 0.29) is 31.4 Å². The van der Waals surface area contributed by atoms with Crippen LogP contribution < -0.4 is 5.32 Å². The predicted molar refractivity (Wildman–Crippen MR) is 114 cm³/mol. The van der Waals surface area contributed by atoms with E-state index in [9.17, 15) is 27.9 Å². The zero-order valence-corrected chi connectivity index (χ0v) is 19.2. The Balaban J connectivity index is 1.48. The Kier molecular flexibility index (Phi) is 6.54. The minimum atomic E-state index is -3.66. The van der Waals surface area contributed by atoms with Crippen LogP contribution >= 0.6 is 11.3 Å². The Morgan fingerprint density at radius 1 is 1.22 bits per heavy atom. The molecule has 1 aromatic heterocycles. The summed E-state index contributed by atoms with van der Waals surface area (Å²) in [7, 11) is -3.66. The highest BCUT2D eigenvalue weighted by Crippen LogP contribution is 2.39. The van der Waals surface area contributed by atoms with Crippen LogP contribution in [0.3, 0.4) is 0 Å². The molecule has 11 nitrogen and oxygen atoms in total. The van der Waals surface area contributed by atoms with Gasteiger partial charge in [-0.15, -0.1) is 11.3 Å². The van der Waals surface area contributed by atoms with E-state index < -0.39 is 47.0 Å². The van der Waals surface area contributed by atoms with Gasteiger partial charge in [0.25, 0.3) is 0 Å². The van der Waals surface area contributed by atoms with Crippen molar-refractivity contribution in [1.29, 1.82) is 0 Å². The lowest BCUT2D eigenvalue weighted by Gasteiger charge is -2.34. The van der Waals surface area contributed by atoms with Gasteiger partial charge in [-0.3, -0.25) is 14.5 Å². The molecule has 0 spiro atoms. The number of carboxylic acids is 1. The molecule has 176 valence electrons. The van der Waals surface area contributed by atoms with Gasteiger partial charge in [0.05, 0.1) is 44.2 Å². The summed E-state index contributed by atoms with van der Waals surface area (Å²) in [5.74, 6) is -2.31. The number of rotatable bonds is 6. The lowest BCUT2D eigenvalue weighted by molar-refractivity contribution is -0.151. The number of carboxylic acid groups (broad SMARTS) is 1. The van der Waals surface area contributed by atoms with Crippen molar-refractivity contribution in [2.24, 2.45) is 0 Å². The number of anilines is 1. The molecule has 3 aliphatic rings. The van der Waals surface area contributed by atoms with Crippen LogP contribution in [0.4, 0.5) is 5.00 Å². The van der Waals surface area contributed by atoms with Crippen LogP contribution in [-0.4, -0.2) is 85.3 Å². The van der Waals surface area contributed by atoms with E-state index in [1.807, 2.05) is 0 Å². The fourth-order valence-electron chi connectivity index (χ4n) is 4.08. The van der Waals surface area contributed by atoms with Crippen molar-refractivity contribution in [3.8, 4) is 0 Å². The molecule has 2 saturated heterocycles. The molecule has 0 aliphatic carbocycles. The summed E-state index contributed by atoms with van der Waals surface area (Å²) < 4.78 is 35.7. The Hall–Kier alpha value is -2.06. The normalized spacial score (nSPS) is 25.0. The van der Waals surface area contributed by atoms with Crippen LogP contribution in [0.5, 0.6) is 0 Å². The van der Waals surface area contributed by atoms with Gasteiger partial charge in [-0.05, 0) is 24.8 Å². The number of sulfonamides is 1. The summed E-state index contributed by atoms with van der Waals surface area (Å²) in [4.78, 5) is 38.6. The smallest absolute Gasteiger partial charge is 0.338 e. The maximum atomic E-state index is 12.4. The monoisotopic (exact) mass is 487 g/mol. The van der Waals surface area contributed by atoms with Crippen LogP contribution in [0.2, 0.25) is 0 Å². The van der Waals surface area contributed by atoms with Gasteiger partial charge >= 0.3 is 5.97 Å². The number of fused-ring (bicyclic) bond motifs is 1. The van der Waals surface area contributed by atoms with E-state index in [2.05, 4.69) is 5.32 Å². The number of nitrogens with one attached hydrogen (secondary N) is 1. The average molecular weight is 488 g/mol. The molecule has 2 unspecified atom stereocenters. The molecule has 1 aromatic rings. The average Bonchev–Trinajstić information content (AvgIpc) is 3.07. The molecular weight excluding hydrogens is 462 g/mol. The summed E-state index contributed by atoms with van der Waals surface area (Å²) >= 11 is 1.32. The molecule has 0 bridgehead atoms. The molecule has 0 saturated carbocycles. The largest absolute Gasteiger partial charge is 0.478 e. The zero-order valence-electron chi connectivity index (χ0n) is 17.5. The van der Waals surface area contributed by atoms with Crippen molar-refractivity contribution >= 4 is 44.1 Å². The van der Waals surface area contributed by atoms with Gasteiger partial charge in [0, 0.05) is 17.9 Å². The minimum Gasteiger partial charge on any atom is -0.478 e.